The van der Waals surface area contributed by atoms with Crippen LogP contribution in [0.25, 0.3) is 0 Å². The van der Waals surface area contributed by atoms with E-state index in [1.165, 1.54) is 18.2 Å². The second-order valence-corrected chi connectivity index (χ2v) is 2.94. The molecule has 0 amide bonds. The normalized spacial score (nSPS) is 12.5. The number of hydrogen-bond acceptors (Lipinski definition) is 1. The number of aldehydes is 1. The molecule has 70 valence electrons. The molecule has 0 N–H and O–H groups in total. The van der Waals surface area contributed by atoms with Crippen molar-refractivity contribution in [1.82, 2.24) is 0 Å². The minimum Gasteiger partial charge on any atom is -0.303 e. The molecule has 0 saturated carbocycles. The van der Waals surface area contributed by atoms with Gasteiger partial charge in [0.15, 0.2) is 0 Å². The van der Waals surface area contributed by atoms with Gasteiger partial charge in [0.1, 0.15) is 17.9 Å². The second-order valence-electron chi connectivity index (χ2n) is 2.94. The minimum atomic E-state index is -0.589. The third kappa shape index (κ3) is 2.11. The number of carbonyl (C=O) groups is 1. The molecule has 3 heteroatoms. The van der Waals surface area contributed by atoms with Gasteiger partial charge < -0.3 is 4.79 Å². The predicted molar refractivity (Wildman–Crippen MR) is 45.5 cm³/mol. The van der Waals surface area contributed by atoms with Crippen molar-refractivity contribution in [3.8, 4) is 0 Å². The van der Waals surface area contributed by atoms with Gasteiger partial charge in [0.2, 0.25) is 0 Å². The van der Waals surface area contributed by atoms with E-state index >= 15 is 0 Å². The van der Waals surface area contributed by atoms with Gasteiger partial charge in [0.25, 0.3) is 0 Å². The molecule has 1 atom stereocenters. The van der Waals surface area contributed by atoms with Crippen molar-refractivity contribution < 1.29 is 13.6 Å². The monoisotopic (exact) mass is 184 g/mol. The van der Waals surface area contributed by atoms with E-state index in [0.717, 1.165) is 0 Å². The molecule has 1 aromatic rings. The van der Waals surface area contributed by atoms with Gasteiger partial charge in [-0.3, -0.25) is 0 Å². The van der Waals surface area contributed by atoms with Gasteiger partial charge in [0, 0.05) is 12.0 Å². The zero-order valence-electron chi connectivity index (χ0n) is 7.26. The second kappa shape index (κ2) is 4.12. The number of carbonyl (C=O) groups excluding carboxylic acids is 1. The number of rotatable bonds is 3. The van der Waals surface area contributed by atoms with E-state index in [-0.39, 0.29) is 12.0 Å². The molecule has 0 spiro atoms. The molecule has 0 radical (unpaired) electrons. The summed E-state index contributed by atoms with van der Waals surface area (Å²) in [5, 5.41) is 0. The van der Waals surface area contributed by atoms with Crippen LogP contribution in [-0.2, 0) is 4.79 Å². The summed E-state index contributed by atoms with van der Waals surface area (Å²) in [6, 6.07) is 3.70. The van der Waals surface area contributed by atoms with E-state index in [4.69, 9.17) is 0 Å². The fraction of sp³-hybridized carbons (Fsp3) is 0.300. The van der Waals surface area contributed by atoms with Crippen LogP contribution < -0.4 is 0 Å². The Kier molecular flexibility index (Phi) is 3.12. The maximum absolute atomic E-state index is 13.1. The summed E-state index contributed by atoms with van der Waals surface area (Å²) in [4.78, 5) is 10.2. The largest absolute Gasteiger partial charge is 0.303 e. The van der Waals surface area contributed by atoms with Gasteiger partial charge in [-0.25, -0.2) is 8.78 Å². The summed E-state index contributed by atoms with van der Waals surface area (Å²) in [7, 11) is 0. The fourth-order valence-electron chi connectivity index (χ4n) is 1.24. The molecule has 0 aliphatic heterocycles. The zero-order chi connectivity index (χ0) is 9.84. The number of hydrogen-bond donors (Lipinski definition) is 0. The molecule has 0 fully saturated rings. The van der Waals surface area contributed by atoms with Crippen molar-refractivity contribution in [3.63, 3.8) is 0 Å². The summed E-state index contributed by atoms with van der Waals surface area (Å²) >= 11 is 0. The van der Waals surface area contributed by atoms with Crippen LogP contribution in [0.1, 0.15) is 24.8 Å². The first-order valence-corrected chi connectivity index (χ1v) is 4.04. The molecular formula is C10H10F2O. The van der Waals surface area contributed by atoms with Crippen LogP contribution in [0.3, 0.4) is 0 Å². The van der Waals surface area contributed by atoms with Crippen molar-refractivity contribution in [2.24, 2.45) is 0 Å². The van der Waals surface area contributed by atoms with E-state index in [1.807, 2.05) is 0 Å². The van der Waals surface area contributed by atoms with Crippen LogP contribution in [0, 0.1) is 11.6 Å². The topological polar surface area (TPSA) is 17.1 Å². The Labute approximate surface area is 75.4 Å². The van der Waals surface area contributed by atoms with Crippen LogP contribution in [0.2, 0.25) is 0 Å². The molecule has 13 heavy (non-hydrogen) atoms. The molecule has 0 bridgehead atoms. The van der Waals surface area contributed by atoms with E-state index in [0.29, 0.717) is 6.29 Å². The Balaban J connectivity index is 3.04. The number of halogens is 2. The van der Waals surface area contributed by atoms with E-state index in [1.54, 1.807) is 6.92 Å². The first-order chi connectivity index (χ1) is 6.16. The molecule has 0 saturated heterocycles. The van der Waals surface area contributed by atoms with Crippen LogP contribution in [-0.4, -0.2) is 6.29 Å². The van der Waals surface area contributed by atoms with Crippen LogP contribution >= 0.6 is 0 Å². The van der Waals surface area contributed by atoms with Crippen molar-refractivity contribution in [1.29, 1.82) is 0 Å². The van der Waals surface area contributed by atoms with Gasteiger partial charge in [0.05, 0.1) is 0 Å². The predicted octanol–water partition coefficient (Wildman–Crippen LogP) is 2.66. The maximum Gasteiger partial charge on any atom is 0.129 e. The SMILES string of the molecule is CC(CC=O)c1c(F)cccc1F. The molecular weight excluding hydrogens is 174 g/mol. The van der Waals surface area contributed by atoms with Crippen LogP contribution in [0.5, 0.6) is 0 Å². The first-order valence-electron chi connectivity index (χ1n) is 4.04. The van der Waals surface area contributed by atoms with Crippen molar-refractivity contribution in [2.75, 3.05) is 0 Å². The van der Waals surface area contributed by atoms with Crippen molar-refractivity contribution in [3.05, 3.63) is 35.4 Å². The molecule has 0 aromatic heterocycles. The third-order valence-electron chi connectivity index (χ3n) is 1.94. The van der Waals surface area contributed by atoms with E-state index in [2.05, 4.69) is 0 Å². The molecule has 1 nitrogen and oxygen atoms in total. The van der Waals surface area contributed by atoms with Gasteiger partial charge in [-0.2, -0.15) is 0 Å². The lowest BCUT2D eigenvalue weighted by atomic mass is 9.97. The van der Waals surface area contributed by atoms with E-state index < -0.39 is 17.6 Å². The Morgan fingerprint density at radius 2 is 1.92 bits per heavy atom. The summed E-state index contributed by atoms with van der Waals surface area (Å²) in [6.07, 6.45) is 0.800. The van der Waals surface area contributed by atoms with Gasteiger partial charge in [-0.1, -0.05) is 13.0 Å². The lowest BCUT2D eigenvalue weighted by molar-refractivity contribution is -0.108. The highest BCUT2D eigenvalue weighted by atomic mass is 19.1. The Hall–Kier alpha value is -1.25. The van der Waals surface area contributed by atoms with Crippen LogP contribution in [0.15, 0.2) is 18.2 Å². The first kappa shape index (κ1) is 9.84. The van der Waals surface area contributed by atoms with Gasteiger partial charge in [-0.15, -0.1) is 0 Å². The molecule has 1 aromatic carbocycles. The maximum atomic E-state index is 13.1. The average molecular weight is 184 g/mol. The Bertz CT molecular complexity index is 290. The van der Waals surface area contributed by atoms with Crippen molar-refractivity contribution in [2.45, 2.75) is 19.3 Å². The molecule has 1 unspecified atom stereocenters. The quantitative estimate of drug-likeness (QED) is 0.660. The summed E-state index contributed by atoms with van der Waals surface area (Å²) < 4.78 is 26.1. The highest BCUT2D eigenvalue weighted by Gasteiger charge is 2.14. The molecule has 0 aliphatic carbocycles. The molecule has 1 rings (SSSR count). The summed E-state index contributed by atoms with van der Waals surface area (Å²) in [6.45, 7) is 1.62. The highest BCUT2D eigenvalue weighted by Crippen LogP contribution is 2.23. The summed E-state index contributed by atoms with van der Waals surface area (Å²) in [5.41, 5.74) is -0.00500. The van der Waals surface area contributed by atoms with Gasteiger partial charge in [-0.05, 0) is 18.1 Å². The minimum absolute atomic E-state index is 0.00500. The van der Waals surface area contributed by atoms with Crippen molar-refractivity contribution >= 4 is 6.29 Å². The highest BCUT2D eigenvalue weighted by molar-refractivity contribution is 5.51. The lowest BCUT2D eigenvalue weighted by Crippen LogP contribution is -2.01. The number of benzene rings is 1. The van der Waals surface area contributed by atoms with Gasteiger partial charge >= 0.3 is 0 Å². The summed E-state index contributed by atoms with van der Waals surface area (Å²) in [5.74, 6) is -1.58. The standard InChI is InChI=1S/C10H10F2O/c1-7(5-6-13)10-8(11)3-2-4-9(10)12/h2-4,6-7H,5H2,1H3. The van der Waals surface area contributed by atoms with E-state index in [9.17, 15) is 13.6 Å². The average Bonchev–Trinajstić information content (AvgIpc) is 2.04. The Morgan fingerprint density at radius 1 is 1.38 bits per heavy atom. The molecule has 0 heterocycles. The Morgan fingerprint density at radius 3 is 2.38 bits per heavy atom. The van der Waals surface area contributed by atoms with Crippen LogP contribution in [0.4, 0.5) is 8.78 Å². The smallest absolute Gasteiger partial charge is 0.129 e. The fourth-order valence-corrected chi connectivity index (χ4v) is 1.24. The third-order valence-corrected chi connectivity index (χ3v) is 1.94. The zero-order valence-corrected chi connectivity index (χ0v) is 7.26. The molecule has 0 aliphatic rings. The lowest BCUT2D eigenvalue weighted by Gasteiger charge is -2.09.